The average Bonchev–Trinajstić information content (AvgIpc) is 2.61. The number of hydrogen-bond donors (Lipinski definition) is 2. The van der Waals surface area contributed by atoms with Gasteiger partial charge in [0.2, 0.25) is 5.91 Å². The van der Waals surface area contributed by atoms with Gasteiger partial charge in [-0.15, -0.1) is 0 Å². The van der Waals surface area contributed by atoms with E-state index in [1.807, 2.05) is 31.2 Å². The highest BCUT2D eigenvalue weighted by molar-refractivity contribution is 5.93. The van der Waals surface area contributed by atoms with Gasteiger partial charge < -0.3 is 16.4 Å². The molecule has 0 spiro atoms. The van der Waals surface area contributed by atoms with Crippen molar-refractivity contribution in [1.29, 1.82) is 0 Å². The zero-order valence-corrected chi connectivity index (χ0v) is 15.1. The summed E-state index contributed by atoms with van der Waals surface area (Å²) in [5.74, 6) is 5.46. The summed E-state index contributed by atoms with van der Waals surface area (Å²) in [5, 5.41) is 0. The number of hydrogen-bond acceptors (Lipinski definition) is 3. The van der Waals surface area contributed by atoms with Gasteiger partial charge in [-0.25, -0.2) is 4.39 Å². The molecule has 2 aromatic rings. The highest BCUT2D eigenvalue weighted by atomic mass is 19.1. The second kappa shape index (κ2) is 9.02. The predicted octanol–water partition coefficient (Wildman–Crippen LogP) is 3.09. The highest BCUT2D eigenvalue weighted by Crippen LogP contribution is 2.31. The minimum Gasteiger partial charge on any atom is -0.399 e. The van der Waals surface area contributed by atoms with E-state index >= 15 is 0 Å². The molecule has 0 bridgehead atoms. The SMILES string of the molecule is CC(=O)N1c2ccc(F)cc2CC[C@@H]1C.NCC#Cc1ccc(N)cc1. The third kappa shape index (κ3) is 5.08. The predicted molar refractivity (Wildman–Crippen MR) is 104 cm³/mol. The smallest absolute Gasteiger partial charge is 0.224 e. The number of nitrogen functional groups attached to an aromatic ring is 1. The maximum atomic E-state index is 13.0. The van der Waals surface area contributed by atoms with Crippen molar-refractivity contribution < 1.29 is 9.18 Å². The summed E-state index contributed by atoms with van der Waals surface area (Å²) in [6.45, 7) is 3.97. The van der Waals surface area contributed by atoms with Crippen molar-refractivity contribution >= 4 is 17.3 Å². The lowest BCUT2D eigenvalue weighted by molar-refractivity contribution is -0.117. The van der Waals surface area contributed by atoms with Crippen molar-refractivity contribution in [2.24, 2.45) is 5.73 Å². The summed E-state index contributed by atoms with van der Waals surface area (Å²) in [4.78, 5) is 13.2. The third-order valence-corrected chi connectivity index (χ3v) is 4.16. The van der Waals surface area contributed by atoms with Gasteiger partial charge in [0, 0.05) is 29.9 Å². The van der Waals surface area contributed by atoms with Gasteiger partial charge in [-0.1, -0.05) is 11.8 Å². The fourth-order valence-corrected chi connectivity index (χ4v) is 2.92. The zero-order chi connectivity index (χ0) is 19.1. The quantitative estimate of drug-likeness (QED) is 0.565. The van der Waals surface area contributed by atoms with Crippen LogP contribution in [0.2, 0.25) is 0 Å². The Balaban J connectivity index is 0.000000197. The second-order valence-corrected chi connectivity index (χ2v) is 6.18. The summed E-state index contributed by atoms with van der Waals surface area (Å²) in [6, 6.07) is 12.2. The summed E-state index contributed by atoms with van der Waals surface area (Å²) in [6.07, 6.45) is 1.74. The Morgan fingerprint density at radius 1 is 1.27 bits per heavy atom. The van der Waals surface area contributed by atoms with Crippen LogP contribution in [0, 0.1) is 17.7 Å². The molecule has 26 heavy (non-hydrogen) atoms. The number of anilines is 2. The Morgan fingerprint density at radius 2 is 1.96 bits per heavy atom. The molecule has 5 heteroatoms. The molecule has 136 valence electrons. The van der Waals surface area contributed by atoms with Gasteiger partial charge in [0.15, 0.2) is 0 Å². The molecule has 4 nitrogen and oxygen atoms in total. The van der Waals surface area contributed by atoms with Crippen LogP contribution in [0.3, 0.4) is 0 Å². The monoisotopic (exact) mass is 353 g/mol. The molecule has 0 saturated carbocycles. The van der Waals surface area contributed by atoms with Gasteiger partial charge >= 0.3 is 0 Å². The van der Waals surface area contributed by atoms with Crippen LogP contribution in [0.5, 0.6) is 0 Å². The van der Waals surface area contributed by atoms with E-state index in [0.717, 1.165) is 35.3 Å². The van der Waals surface area contributed by atoms with Crippen LogP contribution >= 0.6 is 0 Å². The van der Waals surface area contributed by atoms with E-state index in [1.165, 1.54) is 12.1 Å². The molecule has 0 aliphatic carbocycles. The van der Waals surface area contributed by atoms with Crippen LogP contribution in [-0.4, -0.2) is 18.5 Å². The number of rotatable bonds is 0. The number of benzene rings is 2. The molecule has 1 amide bonds. The molecule has 1 aliphatic heterocycles. The van der Waals surface area contributed by atoms with Crippen molar-refractivity contribution in [3.05, 3.63) is 59.4 Å². The van der Waals surface area contributed by atoms with E-state index < -0.39 is 0 Å². The summed E-state index contributed by atoms with van der Waals surface area (Å²) in [7, 11) is 0. The summed E-state index contributed by atoms with van der Waals surface area (Å²) >= 11 is 0. The van der Waals surface area contributed by atoms with Gasteiger partial charge in [-0.05, 0) is 67.8 Å². The standard InChI is InChI=1S/C12H14FNO.C9H10N2/c1-8-3-4-10-7-11(13)5-6-12(10)14(8)9(2)15;10-7-1-2-8-3-5-9(11)6-4-8/h5-8H,3-4H2,1-2H3;3-6H,7,10-11H2/t8-;/m0./s1. The maximum absolute atomic E-state index is 13.0. The third-order valence-electron chi connectivity index (χ3n) is 4.16. The molecule has 0 unspecified atom stereocenters. The van der Waals surface area contributed by atoms with Crippen molar-refractivity contribution in [3.8, 4) is 11.8 Å². The molecule has 0 fully saturated rings. The second-order valence-electron chi connectivity index (χ2n) is 6.18. The van der Waals surface area contributed by atoms with Crippen molar-refractivity contribution in [2.75, 3.05) is 17.2 Å². The Bertz CT molecular complexity index is 821. The molecule has 4 N–H and O–H groups in total. The Hall–Kier alpha value is -2.84. The fraction of sp³-hybridized carbons (Fsp3) is 0.286. The average molecular weight is 353 g/mol. The van der Waals surface area contributed by atoms with E-state index in [1.54, 1.807) is 17.9 Å². The lowest BCUT2D eigenvalue weighted by Crippen LogP contribution is -2.40. The minimum atomic E-state index is -0.230. The van der Waals surface area contributed by atoms with Gasteiger partial charge in [0.25, 0.3) is 0 Å². The van der Waals surface area contributed by atoms with Crippen molar-refractivity contribution in [1.82, 2.24) is 0 Å². The molecular weight excluding hydrogens is 329 g/mol. The van der Waals surface area contributed by atoms with Crippen molar-refractivity contribution in [3.63, 3.8) is 0 Å². The summed E-state index contributed by atoms with van der Waals surface area (Å²) in [5.41, 5.74) is 14.2. The Morgan fingerprint density at radius 3 is 2.58 bits per heavy atom. The molecule has 0 saturated heterocycles. The Labute approximate surface area is 154 Å². The first-order valence-corrected chi connectivity index (χ1v) is 8.55. The van der Waals surface area contributed by atoms with Crippen LogP contribution in [0.1, 0.15) is 31.4 Å². The van der Waals surface area contributed by atoms with Crippen LogP contribution in [0.4, 0.5) is 15.8 Å². The number of aryl methyl sites for hydroxylation is 1. The molecule has 0 aromatic heterocycles. The van der Waals surface area contributed by atoms with Gasteiger partial charge in [0.1, 0.15) is 5.82 Å². The topological polar surface area (TPSA) is 72.3 Å². The largest absolute Gasteiger partial charge is 0.399 e. The minimum absolute atomic E-state index is 0.0232. The maximum Gasteiger partial charge on any atom is 0.224 e. The molecule has 3 rings (SSSR count). The lowest BCUT2D eigenvalue weighted by Gasteiger charge is -2.34. The van der Waals surface area contributed by atoms with Crippen LogP contribution in [0.25, 0.3) is 0 Å². The highest BCUT2D eigenvalue weighted by Gasteiger charge is 2.25. The number of nitrogens with zero attached hydrogens (tertiary/aromatic N) is 1. The number of amides is 1. The van der Waals surface area contributed by atoms with E-state index in [2.05, 4.69) is 11.8 Å². The summed E-state index contributed by atoms with van der Waals surface area (Å²) < 4.78 is 13.0. The fourth-order valence-electron chi connectivity index (χ4n) is 2.92. The zero-order valence-electron chi connectivity index (χ0n) is 15.1. The van der Waals surface area contributed by atoms with Gasteiger partial charge in [-0.3, -0.25) is 4.79 Å². The normalized spacial score (nSPS) is 15.1. The molecule has 1 heterocycles. The molecule has 1 aliphatic rings. The first kappa shape index (κ1) is 19.5. The first-order chi connectivity index (χ1) is 12.4. The van der Waals surface area contributed by atoms with E-state index in [4.69, 9.17) is 11.5 Å². The Kier molecular flexibility index (Phi) is 6.76. The number of halogens is 1. The van der Waals surface area contributed by atoms with E-state index in [-0.39, 0.29) is 17.8 Å². The molecule has 1 atom stereocenters. The van der Waals surface area contributed by atoms with E-state index in [0.29, 0.717) is 6.54 Å². The van der Waals surface area contributed by atoms with Crippen LogP contribution in [-0.2, 0) is 11.2 Å². The van der Waals surface area contributed by atoms with Crippen LogP contribution < -0.4 is 16.4 Å². The van der Waals surface area contributed by atoms with Crippen LogP contribution in [0.15, 0.2) is 42.5 Å². The molecule has 2 aromatic carbocycles. The number of carbonyl (C=O) groups is 1. The van der Waals surface area contributed by atoms with Gasteiger partial charge in [0.05, 0.1) is 6.54 Å². The van der Waals surface area contributed by atoms with Gasteiger partial charge in [-0.2, -0.15) is 0 Å². The number of carbonyl (C=O) groups excluding carboxylic acids is 1. The number of nitrogens with two attached hydrogens (primary N) is 2. The van der Waals surface area contributed by atoms with E-state index in [9.17, 15) is 9.18 Å². The molecule has 0 radical (unpaired) electrons. The lowest BCUT2D eigenvalue weighted by atomic mass is 9.96. The first-order valence-electron chi connectivity index (χ1n) is 8.55. The number of fused-ring (bicyclic) bond motifs is 1. The van der Waals surface area contributed by atoms with Crippen molar-refractivity contribution in [2.45, 2.75) is 32.7 Å². The molecular formula is C21H24FN3O.